The lowest BCUT2D eigenvalue weighted by atomic mass is 10.2. The molecule has 0 aliphatic carbocycles. The topological polar surface area (TPSA) is 94.9 Å². The first-order valence-corrected chi connectivity index (χ1v) is 5.62. The van der Waals surface area contributed by atoms with E-state index in [4.69, 9.17) is 11.5 Å². The number of primary amides is 1. The van der Waals surface area contributed by atoms with E-state index >= 15 is 0 Å². The van der Waals surface area contributed by atoms with Crippen LogP contribution in [-0.2, 0) is 0 Å². The number of carbonyl (C=O) groups is 1. The molecule has 0 bridgehead atoms. The van der Waals surface area contributed by atoms with E-state index < -0.39 is 5.91 Å². The van der Waals surface area contributed by atoms with Gasteiger partial charge in [0.05, 0.1) is 17.4 Å². The van der Waals surface area contributed by atoms with Crippen LogP contribution < -0.4 is 11.5 Å². The number of nitrogens with two attached hydrogens (primary N) is 2. The SMILES string of the molecule is NC(=O)c1cc(N)cnc1Sc1ccccn1. The van der Waals surface area contributed by atoms with Crippen molar-refractivity contribution in [3.63, 3.8) is 0 Å². The molecule has 2 rings (SSSR count). The Balaban J connectivity index is 2.36. The molecule has 2 aromatic heterocycles. The van der Waals surface area contributed by atoms with Crippen LogP contribution in [0.2, 0.25) is 0 Å². The highest BCUT2D eigenvalue weighted by molar-refractivity contribution is 7.99. The summed E-state index contributed by atoms with van der Waals surface area (Å²) in [7, 11) is 0. The van der Waals surface area contributed by atoms with Crippen LogP contribution in [-0.4, -0.2) is 15.9 Å². The predicted molar refractivity (Wildman–Crippen MR) is 65.5 cm³/mol. The van der Waals surface area contributed by atoms with Gasteiger partial charge in [0.1, 0.15) is 10.1 Å². The molecule has 0 saturated carbocycles. The number of pyridine rings is 2. The van der Waals surface area contributed by atoms with Crippen molar-refractivity contribution in [3.05, 3.63) is 42.2 Å². The Hall–Kier alpha value is -2.08. The van der Waals surface area contributed by atoms with Gasteiger partial charge in [-0.25, -0.2) is 9.97 Å². The molecule has 0 radical (unpaired) electrons. The molecule has 0 saturated heterocycles. The average molecular weight is 246 g/mol. The van der Waals surface area contributed by atoms with Crippen LogP contribution in [0.4, 0.5) is 5.69 Å². The zero-order chi connectivity index (χ0) is 12.3. The van der Waals surface area contributed by atoms with E-state index in [1.54, 1.807) is 6.20 Å². The standard InChI is InChI=1S/C11H10N4OS/c12-7-5-8(10(13)16)11(15-6-7)17-9-3-1-2-4-14-9/h1-6H,12H2,(H2,13,16). The Morgan fingerprint density at radius 2 is 2.12 bits per heavy atom. The van der Waals surface area contributed by atoms with Crippen LogP contribution in [0.1, 0.15) is 10.4 Å². The van der Waals surface area contributed by atoms with Gasteiger partial charge in [-0.1, -0.05) is 6.07 Å². The second kappa shape index (κ2) is 4.84. The van der Waals surface area contributed by atoms with E-state index in [0.717, 1.165) is 5.03 Å². The van der Waals surface area contributed by atoms with E-state index in [9.17, 15) is 4.79 Å². The molecule has 1 amide bonds. The summed E-state index contributed by atoms with van der Waals surface area (Å²) in [4.78, 5) is 19.5. The zero-order valence-electron chi connectivity index (χ0n) is 8.83. The summed E-state index contributed by atoms with van der Waals surface area (Å²) in [5, 5.41) is 1.25. The highest BCUT2D eigenvalue weighted by atomic mass is 32.2. The van der Waals surface area contributed by atoms with Crippen LogP contribution in [0.5, 0.6) is 0 Å². The number of hydrogen-bond donors (Lipinski definition) is 2. The van der Waals surface area contributed by atoms with E-state index in [1.165, 1.54) is 24.0 Å². The molecule has 0 unspecified atom stereocenters. The highest BCUT2D eigenvalue weighted by Crippen LogP contribution is 2.27. The van der Waals surface area contributed by atoms with Gasteiger partial charge in [0.15, 0.2) is 0 Å². The molecule has 4 N–H and O–H groups in total. The molecule has 0 atom stereocenters. The van der Waals surface area contributed by atoms with Gasteiger partial charge >= 0.3 is 0 Å². The molecule has 0 fully saturated rings. The molecular formula is C11H10N4OS. The van der Waals surface area contributed by atoms with E-state index in [1.807, 2.05) is 18.2 Å². The van der Waals surface area contributed by atoms with Crippen LogP contribution in [0.25, 0.3) is 0 Å². The summed E-state index contributed by atoms with van der Waals surface area (Å²) >= 11 is 1.27. The summed E-state index contributed by atoms with van der Waals surface area (Å²) in [5.74, 6) is -0.553. The number of anilines is 1. The first-order valence-electron chi connectivity index (χ1n) is 4.81. The Bertz CT molecular complexity index is 544. The Labute approximate surface area is 102 Å². The summed E-state index contributed by atoms with van der Waals surface area (Å²) in [6, 6.07) is 7.01. The van der Waals surface area contributed by atoms with Crippen molar-refractivity contribution in [1.82, 2.24) is 9.97 Å². The number of nitrogen functional groups attached to an aromatic ring is 1. The van der Waals surface area contributed by atoms with Gasteiger partial charge in [0.25, 0.3) is 5.91 Å². The van der Waals surface area contributed by atoms with Crippen LogP contribution in [0.3, 0.4) is 0 Å². The fourth-order valence-electron chi connectivity index (χ4n) is 1.23. The lowest BCUT2D eigenvalue weighted by Crippen LogP contribution is -2.13. The second-order valence-corrected chi connectivity index (χ2v) is 4.26. The normalized spacial score (nSPS) is 10.1. The summed E-state index contributed by atoms with van der Waals surface area (Å²) in [6.45, 7) is 0. The van der Waals surface area contributed by atoms with Crippen LogP contribution >= 0.6 is 11.8 Å². The van der Waals surface area contributed by atoms with Crippen molar-refractivity contribution < 1.29 is 4.79 Å². The maximum Gasteiger partial charge on any atom is 0.251 e. The minimum Gasteiger partial charge on any atom is -0.397 e. The maximum absolute atomic E-state index is 11.3. The lowest BCUT2D eigenvalue weighted by molar-refractivity contribution is 0.0997. The molecule has 6 heteroatoms. The number of amides is 1. The van der Waals surface area contributed by atoms with E-state index in [2.05, 4.69) is 9.97 Å². The number of hydrogen-bond acceptors (Lipinski definition) is 5. The maximum atomic E-state index is 11.3. The Kier molecular flexibility index (Phi) is 3.24. The van der Waals surface area contributed by atoms with Gasteiger partial charge in [0, 0.05) is 6.20 Å². The highest BCUT2D eigenvalue weighted by Gasteiger charge is 2.11. The molecule has 86 valence electrons. The minimum absolute atomic E-state index is 0.306. The fourth-order valence-corrected chi connectivity index (χ4v) is 2.07. The van der Waals surface area contributed by atoms with E-state index in [0.29, 0.717) is 16.3 Å². The van der Waals surface area contributed by atoms with Crippen molar-refractivity contribution in [2.24, 2.45) is 5.73 Å². The predicted octanol–water partition coefficient (Wildman–Crippen LogP) is 1.31. The monoisotopic (exact) mass is 246 g/mol. The fraction of sp³-hybridized carbons (Fsp3) is 0. The van der Waals surface area contributed by atoms with Gasteiger partial charge in [-0.15, -0.1) is 0 Å². The number of rotatable bonds is 3. The van der Waals surface area contributed by atoms with Gasteiger partial charge in [0.2, 0.25) is 0 Å². The smallest absolute Gasteiger partial charge is 0.251 e. The summed E-state index contributed by atoms with van der Waals surface area (Å²) in [5.41, 5.74) is 11.5. The second-order valence-electron chi connectivity index (χ2n) is 3.26. The first-order chi connectivity index (χ1) is 8.16. The Morgan fingerprint density at radius 3 is 2.76 bits per heavy atom. The van der Waals surface area contributed by atoms with Gasteiger partial charge < -0.3 is 11.5 Å². The molecule has 2 aromatic rings. The van der Waals surface area contributed by atoms with E-state index in [-0.39, 0.29) is 0 Å². The van der Waals surface area contributed by atoms with Crippen LogP contribution in [0.15, 0.2) is 46.7 Å². The van der Waals surface area contributed by atoms with Gasteiger partial charge in [-0.05, 0) is 30.0 Å². The van der Waals surface area contributed by atoms with Crippen molar-refractivity contribution in [2.75, 3.05) is 5.73 Å². The van der Waals surface area contributed by atoms with Crippen molar-refractivity contribution in [1.29, 1.82) is 0 Å². The molecule has 2 heterocycles. The molecule has 17 heavy (non-hydrogen) atoms. The zero-order valence-corrected chi connectivity index (χ0v) is 9.65. The van der Waals surface area contributed by atoms with Gasteiger partial charge in [-0.3, -0.25) is 4.79 Å². The summed E-state index contributed by atoms with van der Waals surface area (Å²) in [6.07, 6.45) is 3.15. The number of aromatic nitrogens is 2. The third kappa shape index (κ3) is 2.73. The third-order valence-corrected chi connectivity index (χ3v) is 2.95. The van der Waals surface area contributed by atoms with Crippen molar-refractivity contribution in [2.45, 2.75) is 10.1 Å². The minimum atomic E-state index is -0.553. The van der Waals surface area contributed by atoms with Gasteiger partial charge in [-0.2, -0.15) is 0 Å². The average Bonchev–Trinajstić information content (AvgIpc) is 2.32. The lowest BCUT2D eigenvalue weighted by Gasteiger charge is -2.05. The Morgan fingerprint density at radius 1 is 1.29 bits per heavy atom. The van der Waals surface area contributed by atoms with Crippen molar-refractivity contribution >= 4 is 23.4 Å². The van der Waals surface area contributed by atoms with Crippen LogP contribution in [0, 0.1) is 0 Å². The molecule has 0 aliphatic rings. The molecular weight excluding hydrogens is 236 g/mol. The van der Waals surface area contributed by atoms with Crippen molar-refractivity contribution in [3.8, 4) is 0 Å². The molecule has 0 aromatic carbocycles. The number of carbonyl (C=O) groups excluding carboxylic acids is 1. The molecule has 5 nitrogen and oxygen atoms in total. The largest absolute Gasteiger partial charge is 0.397 e. The quantitative estimate of drug-likeness (QED) is 0.851. The first kappa shape index (κ1) is 11.4. The molecule has 0 spiro atoms. The summed E-state index contributed by atoms with van der Waals surface area (Å²) < 4.78 is 0. The number of nitrogens with zero attached hydrogens (tertiary/aromatic N) is 2. The molecule has 0 aliphatic heterocycles. The third-order valence-electron chi connectivity index (χ3n) is 1.98.